The number of aliphatic imine (C=N–C) groups is 1. The van der Waals surface area contributed by atoms with Gasteiger partial charge in [0.05, 0.1) is 23.3 Å². The molecule has 5 rings (SSSR count). The Labute approximate surface area is 308 Å². The number of benzene rings is 2. The van der Waals surface area contributed by atoms with E-state index in [9.17, 15) is 24.0 Å². The normalized spacial score (nSPS) is 17.2. The molecule has 0 unspecified atom stereocenters. The molecule has 2 aliphatic rings. The number of carbonyl (C=O) groups excluding carboxylic acids is 5. The van der Waals surface area contributed by atoms with Gasteiger partial charge >= 0.3 is 0 Å². The van der Waals surface area contributed by atoms with E-state index in [-0.39, 0.29) is 62.0 Å². The van der Waals surface area contributed by atoms with Crippen LogP contribution in [0.5, 0.6) is 0 Å². The van der Waals surface area contributed by atoms with Crippen LogP contribution in [0, 0.1) is 5.92 Å². The molecule has 12 nitrogen and oxygen atoms in total. The highest BCUT2D eigenvalue weighted by molar-refractivity contribution is 6.06. The van der Waals surface area contributed by atoms with Crippen molar-refractivity contribution in [3.63, 3.8) is 0 Å². The van der Waals surface area contributed by atoms with E-state index in [4.69, 9.17) is 10.5 Å². The van der Waals surface area contributed by atoms with Crippen LogP contribution < -0.4 is 34.3 Å². The molecule has 3 heterocycles. The number of amidine groups is 1. The maximum absolute atomic E-state index is 14.9. The molecule has 4 amide bonds. The third-order valence-electron chi connectivity index (χ3n) is 8.30. The Morgan fingerprint density at radius 1 is 1.04 bits per heavy atom. The quantitative estimate of drug-likeness (QED) is 0.159. The van der Waals surface area contributed by atoms with E-state index in [1.54, 1.807) is 47.4 Å². The summed E-state index contributed by atoms with van der Waals surface area (Å²) in [6.45, 7) is 7.24. The molecule has 2 atom stereocenters. The molecule has 0 aliphatic carbocycles. The molecule has 0 spiro atoms. The van der Waals surface area contributed by atoms with Gasteiger partial charge in [0.2, 0.25) is 6.54 Å². The number of hydrogen-bond donors (Lipinski definition) is 1. The van der Waals surface area contributed by atoms with Crippen molar-refractivity contribution in [2.75, 3.05) is 13.2 Å². The molecule has 0 radical (unpaired) electrons. The third kappa shape index (κ3) is 8.44. The maximum atomic E-state index is 14.9. The summed E-state index contributed by atoms with van der Waals surface area (Å²) in [5.41, 5.74) is 6.74. The summed E-state index contributed by atoms with van der Waals surface area (Å²) in [6, 6.07) is 19.4. The topological polar surface area (TPSA) is 147 Å². The number of nitrogens with zero attached hydrogens (tertiary/aromatic N) is 5. The first-order chi connectivity index (χ1) is 23.4. The minimum absolute atomic E-state index is 0. The Morgan fingerprint density at radius 2 is 1.66 bits per heavy atom. The van der Waals surface area contributed by atoms with E-state index in [2.05, 4.69) is 4.99 Å². The van der Waals surface area contributed by atoms with Crippen LogP contribution in [-0.2, 0) is 36.9 Å². The summed E-state index contributed by atoms with van der Waals surface area (Å²) in [5, 5.41) is 0. The second-order valence-electron chi connectivity index (χ2n) is 13.0. The van der Waals surface area contributed by atoms with Gasteiger partial charge in [0, 0.05) is 24.8 Å². The van der Waals surface area contributed by atoms with E-state index in [1.165, 1.54) is 14.7 Å². The second kappa shape index (κ2) is 16.2. The van der Waals surface area contributed by atoms with Gasteiger partial charge in [-0.2, -0.15) is 4.57 Å². The number of rotatable bonds is 11. The van der Waals surface area contributed by atoms with Gasteiger partial charge in [0.15, 0.2) is 12.4 Å². The fourth-order valence-corrected chi connectivity index (χ4v) is 5.97. The fraction of sp³-hybridized carbons (Fsp3) is 0.324. The molecule has 50 heavy (non-hydrogen) atoms. The number of halogens is 1. The lowest BCUT2D eigenvalue weighted by Gasteiger charge is -2.44. The first-order valence-electron chi connectivity index (χ1n) is 16.1. The summed E-state index contributed by atoms with van der Waals surface area (Å²) in [4.78, 5) is 75.9. The molecular formula is C37H41IN6O6. The monoisotopic (exact) mass is 792 g/mol. The number of ether oxygens (including phenoxy) is 1. The van der Waals surface area contributed by atoms with Crippen LogP contribution in [0.15, 0.2) is 96.4 Å². The number of aldehydes is 1. The molecule has 2 aliphatic heterocycles. The summed E-state index contributed by atoms with van der Waals surface area (Å²) in [5.74, 6) is -2.33. The van der Waals surface area contributed by atoms with Crippen LogP contribution in [0.25, 0.3) is 5.70 Å². The zero-order valence-electron chi connectivity index (χ0n) is 28.4. The molecule has 0 saturated heterocycles. The lowest BCUT2D eigenvalue weighted by Crippen LogP contribution is -3.00. The fourth-order valence-electron chi connectivity index (χ4n) is 5.97. The minimum Gasteiger partial charge on any atom is -1.00 e. The van der Waals surface area contributed by atoms with Gasteiger partial charge in [-0.1, -0.05) is 74.5 Å². The first kappa shape index (κ1) is 37.9. The lowest BCUT2D eigenvalue weighted by atomic mass is 9.93. The van der Waals surface area contributed by atoms with E-state index in [0.29, 0.717) is 23.1 Å². The van der Waals surface area contributed by atoms with Gasteiger partial charge in [-0.3, -0.25) is 29.0 Å². The predicted octanol–water partition coefficient (Wildman–Crippen LogP) is -0.425. The number of amides is 4. The number of carbonyl (C=O) groups is 5. The van der Waals surface area contributed by atoms with E-state index in [0.717, 1.165) is 5.56 Å². The van der Waals surface area contributed by atoms with Crippen molar-refractivity contribution in [1.29, 1.82) is 0 Å². The molecular weight excluding hydrogens is 751 g/mol. The van der Waals surface area contributed by atoms with Crippen molar-refractivity contribution >= 4 is 41.6 Å². The van der Waals surface area contributed by atoms with E-state index < -0.39 is 41.3 Å². The Bertz CT molecular complexity index is 1780. The molecule has 2 N–H and O–H groups in total. The Balaban J connectivity index is 0.00000562. The largest absolute Gasteiger partial charge is 1.00 e. The standard InChI is InChI=1S/C37H40N6O6.HI/c1-25(2)32-35(48)43(29(21-26-11-7-5-8-12-26)34(47)41(19-20-44)36-39-37(3,4)24-49-36)30(27-13-9-6-10-14-27)22-42(32)33(46)28-15-17-40(18-16-28)23-31(38)45;/h5-18,20,22,25,29,32H,19,21,23-24H2,1-4H3,(H-,38,45);1H/t29-,32+;/m0./s1. The summed E-state index contributed by atoms with van der Waals surface area (Å²) in [7, 11) is 0. The highest BCUT2D eigenvalue weighted by Gasteiger charge is 2.47. The molecule has 3 aromatic rings. The van der Waals surface area contributed by atoms with Crippen molar-refractivity contribution in [3.8, 4) is 0 Å². The third-order valence-corrected chi connectivity index (χ3v) is 8.30. The Hall–Kier alpha value is -4.92. The Morgan fingerprint density at radius 3 is 2.20 bits per heavy atom. The van der Waals surface area contributed by atoms with E-state index >= 15 is 0 Å². The number of hydrogen-bond acceptors (Lipinski definition) is 7. The van der Waals surface area contributed by atoms with Crippen LogP contribution in [0.4, 0.5) is 0 Å². The highest BCUT2D eigenvalue weighted by atomic mass is 127. The molecule has 262 valence electrons. The van der Waals surface area contributed by atoms with Crippen molar-refractivity contribution in [3.05, 3.63) is 108 Å². The molecule has 2 aromatic carbocycles. The van der Waals surface area contributed by atoms with Gasteiger partial charge in [0.1, 0.15) is 25.0 Å². The molecule has 0 fully saturated rings. The number of pyridine rings is 1. The second-order valence-corrected chi connectivity index (χ2v) is 13.0. The van der Waals surface area contributed by atoms with Gasteiger partial charge in [0.25, 0.3) is 29.7 Å². The summed E-state index contributed by atoms with van der Waals surface area (Å²) >= 11 is 0. The average Bonchev–Trinajstić information content (AvgIpc) is 3.44. The summed E-state index contributed by atoms with van der Waals surface area (Å²) in [6.07, 6.45) is 5.49. The average molecular weight is 793 g/mol. The smallest absolute Gasteiger partial charge is 0.295 e. The highest BCUT2D eigenvalue weighted by Crippen LogP contribution is 2.34. The first-order valence-corrected chi connectivity index (χ1v) is 16.1. The van der Waals surface area contributed by atoms with E-state index in [1.807, 2.05) is 76.2 Å². The van der Waals surface area contributed by atoms with Crippen LogP contribution >= 0.6 is 0 Å². The Kier molecular flexibility index (Phi) is 12.3. The van der Waals surface area contributed by atoms with Crippen LogP contribution in [0.3, 0.4) is 0 Å². The molecule has 13 heteroatoms. The maximum Gasteiger partial charge on any atom is 0.295 e. The van der Waals surface area contributed by atoms with Crippen LogP contribution in [0.1, 0.15) is 49.2 Å². The SMILES string of the molecule is CC(C)[C@@H]1C(=O)N([C@@H](Cc2ccccc2)C(=O)N(CC=O)C2=NC(C)(C)CO2)C(c2ccccc2)=CN1C(=O)c1cc[n+](CC(N)=O)cc1.[I-]. The van der Waals surface area contributed by atoms with Crippen molar-refractivity contribution in [2.24, 2.45) is 16.6 Å². The van der Waals surface area contributed by atoms with Crippen LogP contribution in [-0.4, -0.2) is 81.4 Å². The zero-order valence-corrected chi connectivity index (χ0v) is 30.6. The van der Waals surface area contributed by atoms with Gasteiger partial charge in [-0.15, -0.1) is 0 Å². The van der Waals surface area contributed by atoms with Gasteiger partial charge in [-0.25, -0.2) is 4.99 Å². The molecule has 1 aromatic heterocycles. The number of aromatic nitrogens is 1. The predicted molar refractivity (Wildman–Crippen MR) is 181 cm³/mol. The molecule has 0 saturated carbocycles. The number of nitrogens with two attached hydrogens (primary N) is 1. The van der Waals surface area contributed by atoms with Gasteiger partial charge < -0.3 is 44.1 Å². The molecule has 0 bridgehead atoms. The minimum atomic E-state index is -1.14. The lowest BCUT2D eigenvalue weighted by molar-refractivity contribution is -0.684. The van der Waals surface area contributed by atoms with Crippen LogP contribution in [0.2, 0.25) is 0 Å². The zero-order chi connectivity index (χ0) is 35.3. The van der Waals surface area contributed by atoms with Crippen molar-refractivity contribution < 1.29 is 57.3 Å². The van der Waals surface area contributed by atoms with Crippen molar-refractivity contribution in [1.82, 2.24) is 14.7 Å². The number of primary amides is 1. The van der Waals surface area contributed by atoms with Gasteiger partial charge in [-0.05, 0) is 30.9 Å². The summed E-state index contributed by atoms with van der Waals surface area (Å²) < 4.78 is 7.37. The van der Waals surface area contributed by atoms with Crippen molar-refractivity contribution in [2.45, 2.75) is 58.3 Å².